The molecule has 1 saturated carbocycles. The summed E-state index contributed by atoms with van der Waals surface area (Å²) >= 11 is 0. The number of nitrogens with zero attached hydrogens (tertiary/aromatic N) is 2. The van der Waals surface area contributed by atoms with Gasteiger partial charge in [-0.05, 0) is 44.2 Å². The maximum atomic E-state index is 4.69. The highest BCUT2D eigenvalue weighted by Crippen LogP contribution is 2.37. The first-order valence-electron chi connectivity index (χ1n) is 7.80. The van der Waals surface area contributed by atoms with Crippen LogP contribution in [0.1, 0.15) is 39.2 Å². The lowest BCUT2D eigenvalue weighted by Gasteiger charge is -2.38. The molecule has 0 saturated heterocycles. The molecule has 3 heteroatoms. The molecule has 3 rings (SSSR count). The maximum Gasteiger partial charge on any atom is 0.0686 e. The first-order valence-corrected chi connectivity index (χ1v) is 7.80. The second-order valence-electron chi connectivity index (χ2n) is 6.43. The predicted octanol–water partition coefficient (Wildman–Crippen LogP) is 3.62. The second kappa shape index (κ2) is 5.57. The van der Waals surface area contributed by atoms with E-state index in [9.17, 15) is 0 Å². The van der Waals surface area contributed by atoms with Crippen LogP contribution in [0, 0.1) is 11.8 Å². The number of para-hydroxylation sites is 1. The fourth-order valence-corrected chi connectivity index (χ4v) is 3.65. The molecule has 2 aromatic rings. The van der Waals surface area contributed by atoms with Gasteiger partial charge in [0.2, 0.25) is 0 Å². The summed E-state index contributed by atoms with van der Waals surface area (Å²) in [4.78, 5) is 0. The van der Waals surface area contributed by atoms with Crippen molar-refractivity contribution in [3.63, 3.8) is 0 Å². The van der Waals surface area contributed by atoms with E-state index >= 15 is 0 Å². The summed E-state index contributed by atoms with van der Waals surface area (Å²) in [6, 6.07) is 9.54. The van der Waals surface area contributed by atoms with Gasteiger partial charge in [-0.25, -0.2) is 0 Å². The summed E-state index contributed by atoms with van der Waals surface area (Å²) in [5, 5.41) is 9.44. The van der Waals surface area contributed by atoms with Gasteiger partial charge in [-0.15, -0.1) is 0 Å². The molecule has 1 aromatic carbocycles. The Balaban J connectivity index is 1.96. The molecule has 0 bridgehead atoms. The van der Waals surface area contributed by atoms with Crippen LogP contribution in [-0.4, -0.2) is 22.9 Å². The van der Waals surface area contributed by atoms with Crippen molar-refractivity contribution in [1.82, 2.24) is 15.1 Å². The molecular formula is C17H25N3. The van der Waals surface area contributed by atoms with E-state index in [1.807, 2.05) is 6.20 Å². The fraction of sp³-hybridized carbons (Fsp3) is 0.588. The molecule has 1 aliphatic rings. The molecule has 3 unspecified atom stereocenters. The second-order valence-corrected chi connectivity index (χ2v) is 6.43. The van der Waals surface area contributed by atoms with Crippen molar-refractivity contribution in [2.45, 2.75) is 45.2 Å². The van der Waals surface area contributed by atoms with Gasteiger partial charge in [-0.1, -0.05) is 32.0 Å². The van der Waals surface area contributed by atoms with E-state index in [4.69, 9.17) is 0 Å². The van der Waals surface area contributed by atoms with E-state index in [1.54, 1.807) is 0 Å². The number of benzene rings is 1. The number of nitrogens with one attached hydrogen (secondary N) is 1. The molecule has 1 heterocycles. The molecule has 1 aliphatic carbocycles. The first kappa shape index (κ1) is 13.6. The Bertz CT molecular complexity index is 572. The van der Waals surface area contributed by atoms with Gasteiger partial charge in [0.25, 0.3) is 0 Å². The first-order chi connectivity index (χ1) is 9.70. The molecular weight excluding hydrogens is 246 g/mol. The summed E-state index contributed by atoms with van der Waals surface area (Å²) in [6.07, 6.45) is 5.81. The van der Waals surface area contributed by atoms with E-state index in [0.29, 0.717) is 12.1 Å². The third-order valence-corrected chi connectivity index (χ3v) is 4.99. The fourth-order valence-electron chi connectivity index (χ4n) is 3.65. The van der Waals surface area contributed by atoms with Crippen LogP contribution in [0.3, 0.4) is 0 Å². The van der Waals surface area contributed by atoms with Crippen LogP contribution < -0.4 is 5.32 Å². The van der Waals surface area contributed by atoms with Crippen molar-refractivity contribution in [1.29, 1.82) is 0 Å². The monoisotopic (exact) mass is 271 g/mol. The minimum atomic E-state index is 0.473. The zero-order valence-electron chi connectivity index (χ0n) is 12.7. The van der Waals surface area contributed by atoms with Gasteiger partial charge < -0.3 is 5.32 Å². The lowest BCUT2D eigenvalue weighted by molar-refractivity contribution is 0.171. The Morgan fingerprint density at radius 3 is 2.80 bits per heavy atom. The normalized spacial score (nSPS) is 27.3. The molecule has 0 amide bonds. The van der Waals surface area contributed by atoms with Crippen LogP contribution >= 0.6 is 0 Å². The van der Waals surface area contributed by atoms with E-state index < -0.39 is 0 Å². The highest BCUT2D eigenvalue weighted by atomic mass is 15.3. The molecule has 0 spiro atoms. The average molecular weight is 271 g/mol. The molecule has 3 atom stereocenters. The number of hydrogen-bond donors (Lipinski definition) is 1. The molecule has 0 radical (unpaired) electrons. The summed E-state index contributed by atoms with van der Waals surface area (Å²) in [7, 11) is 2.08. The van der Waals surface area contributed by atoms with Crippen LogP contribution in [-0.2, 0) is 0 Å². The minimum absolute atomic E-state index is 0.473. The largest absolute Gasteiger partial charge is 0.315 e. The molecule has 1 N–H and O–H groups in total. The third-order valence-electron chi connectivity index (χ3n) is 4.99. The lowest BCUT2D eigenvalue weighted by Crippen LogP contribution is -2.41. The lowest BCUT2D eigenvalue weighted by atomic mass is 9.77. The van der Waals surface area contributed by atoms with Crippen LogP contribution in [0.15, 0.2) is 30.5 Å². The summed E-state index contributed by atoms with van der Waals surface area (Å²) in [6.45, 7) is 4.70. The van der Waals surface area contributed by atoms with E-state index in [-0.39, 0.29) is 0 Å². The highest BCUT2D eigenvalue weighted by molar-refractivity contribution is 5.78. The van der Waals surface area contributed by atoms with E-state index in [2.05, 4.69) is 60.3 Å². The van der Waals surface area contributed by atoms with Crippen LogP contribution in [0.4, 0.5) is 0 Å². The van der Waals surface area contributed by atoms with E-state index in [0.717, 1.165) is 11.8 Å². The number of hydrogen-bond acceptors (Lipinski definition) is 2. The molecule has 0 aliphatic heterocycles. The van der Waals surface area contributed by atoms with Crippen molar-refractivity contribution < 1.29 is 0 Å². The molecule has 1 fully saturated rings. The SMILES string of the molecule is CNC1CCC(C(C)C)CC1n1ncc2ccccc21. The Morgan fingerprint density at radius 2 is 2.05 bits per heavy atom. The summed E-state index contributed by atoms with van der Waals surface area (Å²) in [5.41, 5.74) is 1.27. The Labute approximate surface area is 121 Å². The van der Waals surface area contributed by atoms with Crippen LogP contribution in [0.25, 0.3) is 10.9 Å². The van der Waals surface area contributed by atoms with Gasteiger partial charge in [0.1, 0.15) is 0 Å². The topological polar surface area (TPSA) is 29.9 Å². The predicted molar refractivity (Wildman–Crippen MR) is 83.8 cm³/mol. The molecule has 3 nitrogen and oxygen atoms in total. The number of rotatable bonds is 3. The van der Waals surface area contributed by atoms with Crippen molar-refractivity contribution in [3.05, 3.63) is 30.5 Å². The van der Waals surface area contributed by atoms with Gasteiger partial charge in [0.15, 0.2) is 0 Å². The summed E-state index contributed by atoms with van der Waals surface area (Å²) < 4.78 is 2.26. The van der Waals surface area contributed by atoms with Gasteiger partial charge in [0.05, 0.1) is 17.8 Å². The van der Waals surface area contributed by atoms with Crippen molar-refractivity contribution >= 4 is 10.9 Å². The molecule has 1 aromatic heterocycles. The van der Waals surface area contributed by atoms with Gasteiger partial charge in [-0.2, -0.15) is 5.10 Å². The zero-order valence-corrected chi connectivity index (χ0v) is 12.7. The van der Waals surface area contributed by atoms with Gasteiger partial charge >= 0.3 is 0 Å². The maximum absolute atomic E-state index is 4.69. The Kier molecular flexibility index (Phi) is 3.79. The third kappa shape index (κ3) is 2.35. The zero-order chi connectivity index (χ0) is 14.1. The average Bonchev–Trinajstić information content (AvgIpc) is 2.90. The Morgan fingerprint density at radius 1 is 1.25 bits per heavy atom. The van der Waals surface area contributed by atoms with Crippen LogP contribution in [0.2, 0.25) is 0 Å². The molecule has 108 valence electrons. The van der Waals surface area contributed by atoms with E-state index in [1.165, 1.54) is 30.2 Å². The quantitative estimate of drug-likeness (QED) is 0.924. The molecule has 20 heavy (non-hydrogen) atoms. The van der Waals surface area contributed by atoms with Crippen molar-refractivity contribution in [3.8, 4) is 0 Å². The smallest absolute Gasteiger partial charge is 0.0686 e. The van der Waals surface area contributed by atoms with Crippen LogP contribution in [0.5, 0.6) is 0 Å². The van der Waals surface area contributed by atoms with Crippen molar-refractivity contribution in [2.75, 3.05) is 7.05 Å². The van der Waals surface area contributed by atoms with Gasteiger partial charge in [-0.3, -0.25) is 4.68 Å². The van der Waals surface area contributed by atoms with Gasteiger partial charge in [0, 0.05) is 11.4 Å². The Hall–Kier alpha value is -1.35. The number of aromatic nitrogens is 2. The number of likely N-dealkylation sites (N-methyl/N-ethyl adjacent to an activating group) is 1. The summed E-state index contributed by atoms with van der Waals surface area (Å²) in [5.74, 6) is 1.57. The standard InChI is InChI=1S/C17H25N3/c1-12(2)13-8-9-15(18-3)17(10-13)20-16-7-5-4-6-14(16)11-19-20/h4-7,11-13,15,17-18H,8-10H2,1-3H3. The van der Waals surface area contributed by atoms with Crippen molar-refractivity contribution in [2.24, 2.45) is 11.8 Å². The minimum Gasteiger partial charge on any atom is -0.315 e. The number of fused-ring (bicyclic) bond motifs is 1. The highest BCUT2D eigenvalue weighted by Gasteiger charge is 2.33.